The average Bonchev–Trinajstić information content (AvgIpc) is 2.90. The number of hydrogen-bond donors (Lipinski definition) is 1. The summed E-state index contributed by atoms with van der Waals surface area (Å²) in [5.41, 5.74) is 4.90. The second kappa shape index (κ2) is 6.00. The topological polar surface area (TPSA) is 73.8 Å². The van der Waals surface area contributed by atoms with Crippen LogP contribution in [0.15, 0.2) is 18.3 Å². The summed E-state index contributed by atoms with van der Waals surface area (Å²) in [6.07, 6.45) is -5.39. The Balaban J connectivity index is 1.71. The Labute approximate surface area is 150 Å². The summed E-state index contributed by atoms with van der Waals surface area (Å²) in [6, 6.07) is 2.33. The van der Waals surface area contributed by atoms with Crippen LogP contribution >= 0.6 is 0 Å². The number of nitrogens with zero attached hydrogens (tertiary/aromatic N) is 3. The molecular weight excluding hydrogens is 371 g/mol. The highest BCUT2D eigenvalue weighted by Gasteiger charge is 2.57. The Morgan fingerprint density at radius 2 is 1.89 bits per heavy atom. The normalized spacial score (nSPS) is 24.5. The number of alkyl halides is 5. The van der Waals surface area contributed by atoms with Gasteiger partial charge in [-0.15, -0.1) is 0 Å². The van der Waals surface area contributed by atoms with Gasteiger partial charge in [0.2, 0.25) is 0 Å². The molecular formula is C17H15F5N4O. The van der Waals surface area contributed by atoms with Gasteiger partial charge in [-0.1, -0.05) is 0 Å². The van der Waals surface area contributed by atoms with E-state index in [2.05, 4.69) is 10.1 Å². The molecule has 2 saturated carbocycles. The zero-order valence-electron chi connectivity index (χ0n) is 13.9. The van der Waals surface area contributed by atoms with Crippen molar-refractivity contribution in [2.45, 2.75) is 37.9 Å². The summed E-state index contributed by atoms with van der Waals surface area (Å²) in [4.78, 5) is 15.0. The van der Waals surface area contributed by atoms with E-state index in [0.717, 1.165) is 16.9 Å². The van der Waals surface area contributed by atoms with Crippen molar-refractivity contribution in [2.24, 2.45) is 11.8 Å². The predicted molar refractivity (Wildman–Crippen MR) is 84.8 cm³/mol. The van der Waals surface area contributed by atoms with E-state index in [0.29, 0.717) is 18.5 Å². The molecule has 0 spiro atoms. The Bertz CT molecular complexity index is 893. The van der Waals surface area contributed by atoms with Crippen LogP contribution in [0.4, 0.5) is 27.8 Å². The Kier molecular flexibility index (Phi) is 3.97. The maximum Gasteiger partial charge on any atom is 0.419 e. The molecule has 144 valence electrons. The third kappa shape index (κ3) is 3.17. The van der Waals surface area contributed by atoms with Gasteiger partial charge in [-0.3, -0.25) is 9.48 Å². The Hall–Kier alpha value is -2.52. The fourth-order valence-corrected chi connectivity index (χ4v) is 4.01. The summed E-state index contributed by atoms with van der Waals surface area (Å²) >= 11 is 0. The lowest BCUT2D eigenvalue weighted by Gasteiger charge is -2.10. The first-order valence-electron chi connectivity index (χ1n) is 8.36. The molecule has 5 nitrogen and oxygen atoms in total. The molecule has 0 aromatic carbocycles. The first-order valence-corrected chi connectivity index (χ1v) is 8.36. The molecule has 2 aliphatic carbocycles. The molecule has 0 bridgehead atoms. The van der Waals surface area contributed by atoms with Gasteiger partial charge < -0.3 is 5.73 Å². The molecule has 0 amide bonds. The SMILES string of the molecule is Nc1ncc(-c2cc(C3C4CC(=O)C[C@H]43)n(CC(F)F)n2)cc1C(F)(F)F. The van der Waals surface area contributed by atoms with Crippen LogP contribution in [0.1, 0.15) is 30.0 Å². The van der Waals surface area contributed by atoms with Gasteiger partial charge in [0, 0.05) is 36.2 Å². The van der Waals surface area contributed by atoms with Gasteiger partial charge in [-0.25, -0.2) is 13.8 Å². The van der Waals surface area contributed by atoms with Crippen LogP contribution in [0.25, 0.3) is 11.3 Å². The second-order valence-corrected chi connectivity index (χ2v) is 6.98. The van der Waals surface area contributed by atoms with Crippen molar-refractivity contribution in [1.29, 1.82) is 0 Å². The minimum Gasteiger partial charge on any atom is -0.383 e. The smallest absolute Gasteiger partial charge is 0.383 e. The zero-order valence-corrected chi connectivity index (χ0v) is 13.9. The van der Waals surface area contributed by atoms with Crippen LogP contribution < -0.4 is 5.73 Å². The molecule has 2 N–H and O–H groups in total. The highest BCUT2D eigenvalue weighted by molar-refractivity contribution is 5.83. The van der Waals surface area contributed by atoms with Gasteiger partial charge in [-0.05, 0) is 24.0 Å². The third-order valence-electron chi connectivity index (χ3n) is 5.24. The molecule has 3 atom stereocenters. The summed E-state index contributed by atoms with van der Waals surface area (Å²) in [5, 5.41) is 4.08. The van der Waals surface area contributed by atoms with E-state index in [1.54, 1.807) is 0 Å². The maximum absolute atomic E-state index is 13.1. The molecule has 2 heterocycles. The standard InChI is InChI=1S/C17H15F5N4O/c18-14(19)6-26-13(15-9-2-8(27)3-10(9)15)4-12(25-26)7-1-11(17(20,21)22)16(23)24-5-7/h1,4-5,9-10,14-15H,2-3,6H2,(H2,23,24)/t9-,10?,15?/m1/s1. The van der Waals surface area contributed by atoms with E-state index in [4.69, 9.17) is 5.73 Å². The number of fused-ring (bicyclic) bond motifs is 1. The summed E-state index contributed by atoms with van der Waals surface area (Å²) in [7, 11) is 0. The van der Waals surface area contributed by atoms with Crippen LogP contribution in [-0.2, 0) is 17.5 Å². The molecule has 2 unspecified atom stereocenters. The van der Waals surface area contributed by atoms with Crippen LogP contribution in [0.2, 0.25) is 0 Å². The number of nitrogen functional groups attached to an aromatic ring is 1. The lowest BCUT2D eigenvalue weighted by Crippen LogP contribution is -2.12. The maximum atomic E-state index is 13.1. The van der Waals surface area contributed by atoms with Gasteiger partial charge in [0.15, 0.2) is 0 Å². The molecule has 0 saturated heterocycles. The highest BCUT2D eigenvalue weighted by atomic mass is 19.4. The van der Waals surface area contributed by atoms with Gasteiger partial charge >= 0.3 is 6.18 Å². The van der Waals surface area contributed by atoms with E-state index in [9.17, 15) is 26.7 Å². The zero-order chi connectivity index (χ0) is 19.5. The van der Waals surface area contributed by atoms with Crippen LogP contribution in [0.5, 0.6) is 0 Å². The number of ketones is 1. The fourth-order valence-electron chi connectivity index (χ4n) is 4.01. The molecule has 4 rings (SSSR count). The number of anilines is 1. The number of Topliss-reactive ketones (excluding diaryl/α,β-unsaturated/α-hetero) is 1. The van der Waals surface area contributed by atoms with Crippen molar-refractivity contribution in [3.05, 3.63) is 29.6 Å². The largest absolute Gasteiger partial charge is 0.419 e. The Morgan fingerprint density at radius 1 is 1.22 bits per heavy atom. The number of carbonyl (C=O) groups excluding carboxylic acids is 1. The number of halogens is 5. The predicted octanol–water partition coefficient (Wildman–Crippen LogP) is 3.50. The van der Waals surface area contributed by atoms with Gasteiger partial charge in [0.05, 0.1) is 11.3 Å². The summed E-state index contributed by atoms with van der Waals surface area (Å²) in [6.45, 7) is -0.659. The van der Waals surface area contributed by atoms with Crippen molar-refractivity contribution < 1.29 is 26.7 Å². The minimum absolute atomic E-state index is 0.0488. The Morgan fingerprint density at radius 3 is 2.48 bits per heavy atom. The highest BCUT2D eigenvalue weighted by Crippen LogP contribution is 2.62. The first-order chi connectivity index (χ1) is 12.6. The summed E-state index contributed by atoms with van der Waals surface area (Å²) in [5.74, 6) is -0.360. The number of aromatic nitrogens is 3. The average molecular weight is 386 g/mol. The molecule has 2 aromatic rings. The van der Waals surface area contributed by atoms with Crippen LogP contribution in [-0.4, -0.2) is 27.0 Å². The molecule has 2 fully saturated rings. The molecule has 2 aliphatic rings. The van der Waals surface area contributed by atoms with Crippen molar-refractivity contribution >= 4 is 11.6 Å². The van der Waals surface area contributed by atoms with Crippen molar-refractivity contribution in [2.75, 3.05) is 5.73 Å². The van der Waals surface area contributed by atoms with E-state index in [1.807, 2.05) is 0 Å². The first kappa shape index (κ1) is 17.9. The van der Waals surface area contributed by atoms with Gasteiger partial charge in [-0.2, -0.15) is 18.3 Å². The monoisotopic (exact) mass is 386 g/mol. The molecule has 0 radical (unpaired) electrons. The van der Waals surface area contributed by atoms with Crippen LogP contribution in [0, 0.1) is 11.8 Å². The minimum atomic E-state index is -4.69. The molecule has 2 aromatic heterocycles. The number of carbonyl (C=O) groups is 1. The number of rotatable bonds is 4. The lowest BCUT2D eigenvalue weighted by molar-refractivity contribution is -0.137. The summed E-state index contributed by atoms with van der Waals surface area (Å²) < 4.78 is 66.2. The van der Waals surface area contributed by atoms with E-state index < -0.39 is 30.5 Å². The van der Waals surface area contributed by atoms with Crippen molar-refractivity contribution in [1.82, 2.24) is 14.8 Å². The van der Waals surface area contributed by atoms with Crippen LogP contribution in [0.3, 0.4) is 0 Å². The van der Waals surface area contributed by atoms with E-state index >= 15 is 0 Å². The quantitative estimate of drug-likeness (QED) is 0.817. The lowest BCUT2D eigenvalue weighted by atomic mass is 10.1. The van der Waals surface area contributed by atoms with E-state index in [-0.39, 0.29) is 34.8 Å². The molecule has 0 aliphatic heterocycles. The number of pyridine rings is 1. The van der Waals surface area contributed by atoms with Gasteiger partial charge in [0.25, 0.3) is 6.43 Å². The van der Waals surface area contributed by atoms with Crippen molar-refractivity contribution in [3.8, 4) is 11.3 Å². The number of hydrogen-bond acceptors (Lipinski definition) is 4. The van der Waals surface area contributed by atoms with Crippen molar-refractivity contribution in [3.63, 3.8) is 0 Å². The number of nitrogens with two attached hydrogens (primary N) is 1. The third-order valence-corrected chi connectivity index (χ3v) is 5.24. The molecule has 27 heavy (non-hydrogen) atoms. The fraction of sp³-hybridized carbons (Fsp3) is 0.471. The molecule has 10 heteroatoms. The second-order valence-electron chi connectivity index (χ2n) is 6.98. The van der Waals surface area contributed by atoms with Gasteiger partial charge in [0.1, 0.15) is 18.1 Å². The van der Waals surface area contributed by atoms with E-state index in [1.165, 1.54) is 6.07 Å².